The Labute approximate surface area is 182 Å². The van der Waals surface area contributed by atoms with E-state index in [-0.39, 0.29) is 18.5 Å². The molecule has 3 rings (SSSR count). The molecule has 0 bridgehead atoms. The minimum atomic E-state index is -1.02. The molecule has 1 aliphatic rings. The third-order valence-corrected chi connectivity index (χ3v) is 5.35. The molecule has 0 saturated carbocycles. The van der Waals surface area contributed by atoms with Gasteiger partial charge in [0.15, 0.2) is 0 Å². The quantitative estimate of drug-likeness (QED) is 0.712. The lowest BCUT2D eigenvalue weighted by Crippen LogP contribution is -2.43. The summed E-state index contributed by atoms with van der Waals surface area (Å²) in [6.07, 6.45) is 3.16. The monoisotopic (exact) mass is 420 g/mol. The highest BCUT2D eigenvalue weighted by molar-refractivity contribution is 6.22. The number of nitrogens with one attached hydrogen (secondary N) is 1. The number of carbonyl (C=O) groups is 2. The average Bonchev–Trinajstić information content (AvgIpc) is 2.87. The maximum absolute atomic E-state index is 13.3. The smallest absolute Gasteiger partial charge is 0.332 e. The van der Waals surface area contributed by atoms with Gasteiger partial charge in [0.1, 0.15) is 11.4 Å². The van der Waals surface area contributed by atoms with E-state index in [0.29, 0.717) is 11.4 Å². The molecule has 1 saturated heterocycles. The third kappa shape index (κ3) is 4.22. The molecule has 0 radical (unpaired) electrons. The van der Waals surface area contributed by atoms with Crippen LogP contribution < -0.4 is 10.2 Å². The molecule has 1 fully saturated rings. The lowest BCUT2D eigenvalue weighted by Gasteiger charge is -2.27. The average molecular weight is 421 g/mol. The first-order valence-electron chi connectivity index (χ1n) is 10.2. The second-order valence-electron chi connectivity index (χ2n) is 9.06. The van der Waals surface area contributed by atoms with E-state index in [1.54, 1.807) is 50.9 Å². The molecule has 0 atom stereocenters. The van der Waals surface area contributed by atoms with Crippen molar-refractivity contribution in [2.24, 2.45) is 0 Å². The second-order valence-corrected chi connectivity index (χ2v) is 9.06. The molecule has 31 heavy (non-hydrogen) atoms. The van der Waals surface area contributed by atoms with Crippen LogP contribution in [0, 0.1) is 11.3 Å². The zero-order valence-electron chi connectivity index (χ0n) is 18.8. The molecule has 8 heteroatoms. The van der Waals surface area contributed by atoms with Crippen LogP contribution in [0.3, 0.4) is 0 Å². The van der Waals surface area contributed by atoms with Crippen LogP contribution in [0.15, 0.2) is 36.7 Å². The van der Waals surface area contributed by atoms with Gasteiger partial charge in [-0.3, -0.25) is 9.78 Å². The number of hydrogen-bond acceptors (Lipinski definition) is 6. The zero-order chi connectivity index (χ0) is 23.0. The minimum Gasteiger partial charge on any atom is -0.368 e. The van der Waals surface area contributed by atoms with Crippen LogP contribution in [0.5, 0.6) is 0 Å². The van der Waals surface area contributed by atoms with Crippen molar-refractivity contribution in [3.8, 4) is 6.07 Å². The molecule has 162 valence electrons. The van der Waals surface area contributed by atoms with Crippen molar-refractivity contribution in [3.05, 3.63) is 47.9 Å². The van der Waals surface area contributed by atoms with Crippen LogP contribution in [-0.2, 0) is 16.8 Å². The van der Waals surface area contributed by atoms with Crippen molar-refractivity contribution in [2.45, 2.75) is 65.1 Å². The molecule has 0 aliphatic carbocycles. The first kappa shape index (κ1) is 22.2. The molecule has 1 N–H and O–H groups in total. The SMILES string of the molecule is CC(C)Nc1cc(CN2C(=O)N(c3ccc(C(C)(C)C#N)nc3)C(=O)C2(C)C)ccn1. The molecule has 8 nitrogen and oxygen atoms in total. The maximum Gasteiger partial charge on any atom is 0.332 e. The van der Waals surface area contributed by atoms with Gasteiger partial charge in [-0.1, -0.05) is 0 Å². The number of carbonyl (C=O) groups excluding carboxylic acids is 2. The Morgan fingerprint density at radius 2 is 1.90 bits per heavy atom. The number of rotatable bonds is 6. The summed E-state index contributed by atoms with van der Waals surface area (Å²) in [5, 5.41) is 12.5. The highest BCUT2D eigenvalue weighted by Gasteiger charge is 2.51. The van der Waals surface area contributed by atoms with Gasteiger partial charge in [0.05, 0.1) is 29.1 Å². The predicted molar refractivity (Wildman–Crippen MR) is 118 cm³/mol. The fraction of sp³-hybridized carbons (Fsp3) is 0.435. The summed E-state index contributed by atoms with van der Waals surface area (Å²) < 4.78 is 0. The van der Waals surface area contributed by atoms with Gasteiger partial charge in [-0.05, 0) is 71.4 Å². The molecule has 0 aromatic carbocycles. The van der Waals surface area contributed by atoms with Gasteiger partial charge in [0, 0.05) is 18.8 Å². The van der Waals surface area contributed by atoms with Gasteiger partial charge in [0.25, 0.3) is 5.91 Å². The molecule has 2 aromatic rings. The summed E-state index contributed by atoms with van der Waals surface area (Å²) in [7, 11) is 0. The Balaban J connectivity index is 1.88. The van der Waals surface area contributed by atoms with Gasteiger partial charge in [-0.15, -0.1) is 0 Å². The van der Waals surface area contributed by atoms with Gasteiger partial charge < -0.3 is 10.2 Å². The van der Waals surface area contributed by atoms with Crippen LogP contribution in [0.2, 0.25) is 0 Å². The van der Waals surface area contributed by atoms with Crippen molar-refractivity contribution >= 4 is 23.4 Å². The Bertz CT molecular complexity index is 1040. The van der Waals surface area contributed by atoms with E-state index in [9.17, 15) is 14.9 Å². The number of nitrogens with zero attached hydrogens (tertiary/aromatic N) is 5. The van der Waals surface area contributed by atoms with E-state index < -0.39 is 17.0 Å². The number of imide groups is 1. The number of aromatic nitrogens is 2. The van der Waals surface area contributed by atoms with Crippen LogP contribution in [0.25, 0.3) is 0 Å². The molecule has 2 aromatic heterocycles. The van der Waals surface area contributed by atoms with Crippen LogP contribution in [0.4, 0.5) is 16.3 Å². The Morgan fingerprint density at radius 3 is 2.48 bits per heavy atom. The minimum absolute atomic E-state index is 0.228. The second kappa shape index (κ2) is 7.99. The summed E-state index contributed by atoms with van der Waals surface area (Å²) in [6, 6.07) is 9.09. The lowest BCUT2D eigenvalue weighted by molar-refractivity contribution is -0.123. The Hall–Kier alpha value is -3.47. The standard InChI is InChI=1S/C23H28N6O2/c1-15(2)27-19-11-16(9-10-25-19)13-28-21(31)29(20(30)23(28,5)6)17-7-8-18(26-12-17)22(3,4)14-24/h7-12,15H,13H2,1-6H3,(H,25,27). The number of pyridine rings is 2. The number of hydrogen-bond donors (Lipinski definition) is 1. The summed E-state index contributed by atoms with van der Waals surface area (Å²) in [5.41, 5.74) is 0.0667. The number of nitriles is 1. The summed E-state index contributed by atoms with van der Waals surface area (Å²) in [6.45, 7) is 11.3. The molecule has 0 unspecified atom stereocenters. The summed E-state index contributed by atoms with van der Waals surface area (Å²) >= 11 is 0. The van der Waals surface area contributed by atoms with E-state index in [4.69, 9.17) is 0 Å². The fourth-order valence-corrected chi connectivity index (χ4v) is 3.40. The zero-order valence-corrected chi connectivity index (χ0v) is 18.8. The van der Waals surface area contributed by atoms with Crippen molar-refractivity contribution in [2.75, 3.05) is 10.2 Å². The maximum atomic E-state index is 13.3. The molecule has 3 amide bonds. The topological polar surface area (TPSA) is 102 Å². The molecular formula is C23H28N6O2. The molecule has 1 aliphatic heterocycles. The Kier molecular flexibility index (Phi) is 5.72. The molecular weight excluding hydrogens is 392 g/mol. The van der Waals surface area contributed by atoms with Crippen molar-refractivity contribution in [1.82, 2.24) is 14.9 Å². The van der Waals surface area contributed by atoms with Crippen molar-refractivity contribution < 1.29 is 9.59 Å². The van der Waals surface area contributed by atoms with Crippen LogP contribution in [0.1, 0.15) is 52.8 Å². The Morgan fingerprint density at radius 1 is 1.19 bits per heavy atom. The molecule has 0 spiro atoms. The summed E-state index contributed by atoms with van der Waals surface area (Å²) in [4.78, 5) is 37.7. The van der Waals surface area contributed by atoms with Crippen LogP contribution >= 0.6 is 0 Å². The lowest BCUT2D eigenvalue weighted by atomic mass is 9.91. The van der Waals surface area contributed by atoms with Crippen molar-refractivity contribution in [3.63, 3.8) is 0 Å². The van der Waals surface area contributed by atoms with Crippen LogP contribution in [-0.4, -0.2) is 38.4 Å². The predicted octanol–water partition coefficient (Wildman–Crippen LogP) is 3.85. The normalized spacial score (nSPS) is 16.1. The van der Waals surface area contributed by atoms with E-state index in [1.807, 2.05) is 26.0 Å². The van der Waals surface area contributed by atoms with Gasteiger partial charge >= 0.3 is 6.03 Å². The van der Waals surface area contributed by atoms with E-state index in [1.165, 1.54) is 6.20 Å². The van der Waals surface area contributed by atoms with Gasteiger partial charge in [-0.25, -0.2) is 14.7 Å². The van der Waals surface area contributed by atoms with E-state index >= 15 is 0 Å². The summed E-state index contributed by atoms with van der Waals surface area (Å²) in [5.74, 6) is 0.404. The number of amides is 3. The highest BCUT2D eigenvalue weighted by Crippen LogP contribution is 2.34. The van der Waals surface area contributed by atoms with Gasteiger partial charge in [-0.2, -0.15) is 5.26 Å². The van der Waals surface area contributed by atoms with Gasteiger partial charge in [0.2, 0.25) is 0 Å². The van der Waals surface area contributed by atoms with Crippen molar-refractivity contribution in [1.29, 1.82) is 5.26 Å². The molecule has 3 heterocycles. The van der Waals surface area contributed by atoms with E-state index in [2.05, 4.69) is 21.4 Å². The van der Waals surface area contributed by atoms with E-state index in [0.717, 1.165) is 16.3 Å². The number of anilines is 2. The largest absolute Gasteiger partial charge is 0.368 e. The first-order chi connectivity index (χ1) is 14.5. The fourth-order valence-electron chi connectivity index (χ4n) is 3.40. The highest BCUT2D eigenvalue weighted by atomic mass is 16.2. The first-order valence-corrected chi connectivity index (χ1v) is 10.2. The third-order valence-electron chi connectivity index (χ3n) is 5.35. The number of urea groups is 1.